The molecule has 1 aromatic heterocycles. The Morgan fingerprint density at radius 1 is 1.12 bits per heavy atom. The maximum Gasteiger partial charge on any atom is 0.258 e. The lowest BCUT2D eigenvalue weighted by atomic mass is 9.92. The van der Waals surface area contributed by atoms with Gasteiger partial charge in [0.2, 0.25) is 16.0 Å². The second-order valence-electron chi connectivity index (χ2n) is 8.66. The summed E-state index contributed by atoms with van der Waals surface area (Å²) in [6.45, 7) is 4.33. The molecule has 4 bridgehead atoms. The van der Waals surface area contributed by atoms with Crippen LogP contribution in [0.3, 0.4) is 0 Å². The maximum atomic E-state index is 13.3. The minimum Gasteiger partial charge on any atom is -0.371 e. The number of anilines is 4. The zero-order chi connectivity index (χ0) is 22.7. The van der Waals surface area contributed by atoms with Crippen molar-refractivity contribution in [1.82, 2.24) is 9.97 Å². The van der Waals surface area contributed by atoms with E-state index in [2.05, 4.69) is 30.2 Å². The molecule has 0 radical (unpaired) electrons. The SMILES string of the molecule is Cc1cc2nc(n1)NCCCCC1CCCN(C1)c1cc(NS(C)(=O)=O)ccc1C(=O)N2. The molecule has 1 unspecified atom stereocenters. The minimum atomic E-state index is -3.42. The van der Waals surface area contributed by atoms with E-state index in [9.17, 15) is 13.2 Å². The number of aromatic nitrogens is 2. The van der Waals surface area contributed by atoms with E-state index in [1.54, 1.807) is 24.3 Å². The lowest BCUT2D eigenvalue weighted by molar-refractivity contribution is 0.102. The van der Waals surface area contributed by atoms with Gasteiger partial charge in [-0.1, -0.05) is 6.42 Å². The second-order valence-corrected chi connectivity index (χ2v) is 10.4. The van der Waals surface area contributed by atoms with Crippen LogP contribution in [0.2, 0.25) is 0 Å². The Hall–Kier alpha value is -2.88. The van der Waals surface area contributed by atoms with E-state index >= 15 is 0 Å². The molecule has 172 valence electrons. The van der Waals surface area contributed by atoms with Crippen LogP contribution in [0.1, 0.15) is 48.2 Å². The molecule has 1 atom stereocenters. The highest BCUT2D eigenvalue weighted by molar-refractivity contribution is 7.92. The first kappa shape index (κ1) is 22.3. The molecule has 4 rings (SSSR count). The number of amides is 1. The average molecular weight is 459 g/mol. The highest BCUT2D eigenvalue weighted by Gasteiger charge is 2.25. The number of benzene rings is 1. The first-order valence-corrected chi connectivity index (χ1v) is 12.9. The number of carbonyl (C=O) groups excluding carboxylic acids is 1. The van der Waals surface area contributed by atoms with Crippen molar-refractivity contribution in [1.29, 1.82) is 0 Å². The van der Waals surface area contributed by atoms with Gasteiger partial charge in [0.15, 0.2) is 0 Å². The standard InChI is InChI=1S/C22H30N6O3S/c1-15-12-20-25-21(29)18-9-8-17(27-32(2,30)31)13-19(18)28-11-5-7-16(14-28)6-3-4-10-23-22(24-15)26-20/h8-9,12-13,16,27H,3-7,10-11,14H2,1-2H3,(H2,23,24,25,26,29). The number of nitrogens with zero attached hydrogens (tertiary/aromatic N) is 3. The molecule has 2 aliphatic rings. The van der Waals surface area contributed by atoms with E-state index in [1.165, 1.54) is 0 Å². The third-order valence-corrected chi connectivity index (χ3v) is 6.43. The molecule has 0 saturated carbocycles. The van der Waals surface area contributed by atoms with Crippen molar-refractivity contribution >= 4 is 39.1 Å². The zero-order valence-electron chi connectivity index (χ0n) is 18.5. The van der Waals surface area contributed by atoms with Crippen LogP contribution in [0.4, 0.5) is 23.1 Å². The van der Waals surface area contributed by atoms with Gasteiger partial charge in [0.05, 0.1) is 23.2 Å². The number of aryl methyl sites for hydroxylation is 1. The molecule has 2 aromatic rings. The second kappa shape index (κ2) is 9.32. The molecular weight excluding hydrogens is 428 g/mol. The van der Waals surface area contributed by atoms with Gasteiger partial charge in [0.25, 0.3) is 5.91 Å². The first-order valence-electron chi connectivity index (χ1n) is 11.0. The fourth-order valence-corrected chi connectivity index (χ4v) is 4.99. The topological polar surface area (TPSA) is 116 Å². The predicted molar refractivity (Wildman–Crippen MR) is 127 cm³/mol. The summed E-state index contributed by atoms with van der Waals surface area (Å²) in [5, 5.41) is 6.16. The highest BCUT2D eigenvalue weighted by Crippen LogP contribution is 2.32. The van der Waals surface area contributed by atoms with Crippen LogP contribution in [-0.2, 0) is 10.0 Å². The fraction of sp³-hybridized carbons (Fsp3) is 0.500. The summed E-state index contributed by atoms with van der Waals surface area (Å²) in [6, 6.07) is 6.78. The molecule has 1 aromatic carbocycles. The van der Waals surface area contributed by atoms with Gasteiger partial charge in [-0.05, 0) is 56.7 Å². The summed E-state index contributed by atoms with van der Waals surface area (Å²) >= 11 is 0. The van der Waals surface area contributed by atoms with Gasteiger partial charge in [-0.3, -0.25) is 9.52 Å². The summed E-state index contributed by atoms with van der Waals surface area (Å²) in [7, 11) is -3.42. The molecule has 10 heteroatoms. The molecule has 1 amide bonds. The first-order chi connectivity index (χ1) is 15.3. The van der Waals surface area contributed by atoms with Crippen molar-refractivity contribution in [3.05, 3.63) is 35.5 Å². The number of hydrogen-bond donors (Lipinski definition) is 3. The Kier molecular flexibility index (Phi) is 6.50. The monoisotopic (exact) mass is 458 g/mol. The molecule has 32 heavy (non-hydrogen) atoms. The van der Waals surface area contributed by atoms with Crippen molar-refractivity contribution in [3.8, 4) is 0 Å². The van der Waals surface area contributed by atoms with Crippen LogP contribution in [0.15, 0.2) is 24.3 Å². The van der Waals surface area contributed by atoms with Crippen LogP contribution in [-0.4, -0.2) is 50.2 Å². The van der Waals surface area contributed by atoms with Crippen LogP contribution < -0.4 is 20.3 Å². The molecule has 1 fully saturated rings. The van der Waals surface area contributed by atoms with Crippen LogP contribution in [0.5, 0.6) is 0 Å². The number of carbonyl (C=O) groups is 1. The van der Waals surface area contributed by atoms with Crippen LogP contribution in [0, 0.1) is 12.8 Å². The Morgan fingerprint density at radius 2 is 1.94 bits per heavy atom. The molecule has 9 nitrogen and oxygen atoms in total. The lowest BCUT2D eigenvalue weighted by Gasteiger charge is -2.35. The minimum absolute atomic E-state index is 0.285. The number of nitrogens with one attached hydrogen (secondary N) is 3. The lowest BCUT2D eigenvalue weighted by Crippen LogP contribution is -2.36. The van der Waals surface area contributed by atoms with Gasteiger partial charge in [0, 0.05) is 31.4 Å². The average Bonchev–Trinajstić information content (AvgIpc) is 2.71. The number of fused-ring (bicyclic) bond motifs is 6. The third kappa shape index (κ3) is 5.67. The van der Waals surface area contributed by atoms with Gasteiger partial charge in [-0.2, -0.15) is 4.98 Å². The summed E-state index contributed by atoms with van der Waals surface area (Å²) in [6.07, 6.45) is 6.56. The summed E-state index contributed by atoms with van der Waals surface area (Å²) in [4.78, 5) is 24.3. The zero-order valence-corrected chi connectivity index (χ0v) is 19.3. The summed E-state index contributed by atoms with van der Waals surface area (Å²) in [5.41, 5.74) is 2.43. The van der Waals surface area contributed by atoms with Gasteiger partial charge < -0.3 is 15.5 Å². The largest absolute Gasteiger partial charge is 0.371 e. The normalized spacial score (nSPS) is 19.6. The van der Waals surface area contributed by atoms with Gasteiger partial charge in [-0.15, -0.1) is 0 Å². The van der Waals surface area contributed by atoms with Gasteiger partial charge in [-0.25, -0.2) is 13.4 Å². The Balaban J connectivity index is 1.73. The van der Waals surface area contributed by atoms with E-state index < -0.39 is 10.0 Å². The van der Waals surface area contributed by atoms with Gasteiger partial charge >= 0.3 is 0 Å². The third-order valence-electron chi connectivity index (χ3n) is 5.82. The number of sulfonamides is 1. The Bertz CT molecular complexity index is 1100. The van der Waals surface area contributed by atoms with E-state index in [1.807, 2.05) is 6.92 Å². The summed E-state index contributed by atoms with van der Waals surface area (Å²) in [5.74, 6) is 1.19. The molecule has 2 aliphatic heterocycles. The Labute approximate surface area is 189 Å². The predicted octanol–water partition coefficient (Wildman–Crippen LogP) is 3.22. The maximum absolute atomic E-state index is 13.3. The number of rotatable bonds is 2. The molecule has 1 saturated heterocycles. The molecule has 3 N–H and O–H groups in total. The van der Waals surface area contributed by atoms with Crippen molar-refractivity contribution in [2.45, 2.75) is 39.0 Å². The Morgan fingerprint density at radius 3 is 2.75 bits per heavy atom. The molecule has 0 spiro atoms. The molecular formula is C22H30N6O3S. The van der Waals surface area contributed by atoms with Crippen LogP contribution in [0.25, 0.3) is 0 Å². The van der Waals surface area contributed by atoms with E-state index in [0.29, 0.717) is 28.9 Å². The van der Waals surface area contributed by atoms with Gasteiger partial charge in [0.1, 0.15) is 5.82 Å². The summed E-state index contributed by atoms with van der Waals surface area (Å²) < 4.78 is 26.1. The smallest absolute Gasteiger partial charge is 0.258 e. The van der Waals surface area contributed by atoms with Crippen molar-refractivity contribution in [3.63, 3.8) is 0 Å². The van der Waals surface area contributed by atoms with Crippen LogP contribution >= 0.6 is 0 Å². The van der Waals surface area contributed by atoms with E-state index in [0.717, 1.165) is 69.4 Å². The van der Waals surface area contributed by atoms with Crippen molar-refractivity contribution in [2.75, 3.05) is 46.1 Å². The molecule has 0 aliphatic carbocycles. The van der Waals surface area contributed by atoms with E-state index in [4.69, 9.17) is 0 Å². The fourth-order valence-electron chi connectivity index (χ4n) is 4.44. The number of piperidine rings is 1. The number of hydrogen-bond acceptors (Lipinski definition) is 7. The quantitative estimate of drug-likeness (QED) is 0.633. The highest BCUT2D eigenvalue weighted by atomic mass is 32.2. The van der Waals surface area contributed by atoms with E-state index in [-0.39, 0.29) is 5.91 Å². The molecule has 3 heterocycles. The van der Waals surface area contributed by atoms with Crippen molar-refractivity contribution in [2.24, 2.45) is 5.92 Å². The van der Waals surface area contributed by atoms with Crippen molar-refractivity contribution < 1.29 is 13.2 Å².